The highest BCUT2D eigenvalue weighted by molar-refractivity contribution is 5.72. The van der Waals surface area contributed by atoms with Crippen molar-refractivity contribution in [2.75, 3.05) is 6.54 Å². The molecule has 6 nitrogen and oxygen atoms in total. The topological polar surface area (TPSA) is 76.4 Å². The molecule has 1 aliphatic heterocycles. The molecule has 1 aliphatic rings. The number of aliphatic carboxylic acids is 1. The van der Waals surface area contributed by atoms with Gasteiger partial charge in [0.05, 0.1) is 12.6 Å². The Balaban J connectivity index is 1.67. The first-order valence-electron chi connectivity index (χ1n) is 6.24. The molecule has 6 heteroatoms. The highest BCUT2D eigenvalue weighted by atomic mass is 16.5. The van der Waals surface area contributed by atoms with E-state index in [1.807, 2.05) is 16.9 Å². The van der Waals surface area contributed by atoms with Crippen molar-refractivity contribution in [2.45, 2.75) is 44.6 Å². The van der Waals surface area contributed by atoms with E-state index in [2.05, 4.69) is 17.3 Å². The first-order chi connectivity index (χ1) is 8.65. The van der Waals surface area contributed by atoms with Crippen LogP contribution in [-0.2, 0) is 16.1 Å². The van der Waals surface area contributed by atoms with Crippen LogP contribution in [0.2, 0.25) is 0 Å². The molecule has 18 heavy (non-hydrogen) atoms. The van der Waals surface area contributed by atoms with Crippen molar-refractivity contribution in [1.29, 1.82) is 0 Å². The molecule has 2 N–H and O–H groups in total. The van der Waals surface area contributed by atoms with Gasteiger partial charge in [-0.2, -0.15) is 5.10 Å². The fourth-order valence-electron chi connectivity index (χ4n) is 2.12. The van der Waals surface area contributed by atoms with E-state index >= 15 is 0 Å². The van der Waals surface area contributed by atoms with Crippen molar-refractivity contribution in [1.82, 2.24) is 15.1 Å². The van der Waals surface area contributed by atoms with Gasteiger partial charge in [-0.15, -0.1) is 0 Å². The predicted molar refractivity (Wildman–Crippen MR) is 65.2 cm³/mol. The first-order valence-corrected chi connectivity index (χ1v) is 6.24. The average Bonchev–Trinajstić information content (AvgIpc) is 2.96. The number of aromatic nitrogens is 2. The van der Waals surface area contributed by atoms with Crippen LogP contribution in [0.3, 0.4) is 0 Å². The lowest BCUT2D eigenvalue weighted by Crippen LogP contribution is -2.37. The van der Waals surface area contributed by atoms with Gasteiger partial charge in [0.25, 0.3) is 0 Å². The van der Waals surface area contributed by atoms with Crippen LogP contribution < -0.4 is 5.32 Å². The minimum absolute atomic E-state index is 0.00571. The zero-order valence-electron chi connectivity index (χ0n) is 10.5. The maximum atomic E-state index is 10.7. The van der Waals surface area contributed by atoms with E-state index in [1.54, 1.807) is 6.20 Å². The molecule has 2 rings (SSSR count). The Kier molecular flexibility index (Phi) is 4.33. The molecule has 0 bridgehead atoms. The highest BCUT2D eigenvalue weighted by Crippen LogP contribution is 2.19. The summed E-state index contributed by atoms with van der Waals surface area (Å²) < 4.78 is 7.29. The maximum absolute atomic E-state index is 10.7. The number of hydrogen-bond acceptors (Lipinski definition) is 4. The Morgan fingerprint density at radius 1 is 1.67 bits per heavy atom. The van der Waals surface area contributed by atoms with Gasteiger partial charge < -0.3 is 15.2 Å². The van der Waals surface area contributed by atoms with Crippen molar-refractivity contribution < 1.29 is 14.6 Å². The quantitative estimate of drug-likeness (QED) is 0.771. The summed E-state index contributed by atoms with van der Waals surface area (Å²) >= 11 is 0. The minimum Gasteiger partial charge on any atom is -0.479 e. The lowest BCUT2D eigenvalue weighted by Gasteiger charge is -2.17. The van der Waals surface area contributed by atoms with Gasteiger partial charge in [0.1, 0.15) is 0 Å². The molecule has 0 spiro atoms. The van der Waals surface area contributed by atoms with Crippen molar-refractivity contribution in [2.24, 2.45) is 0 Å². The van der Waals surface area contributed by atoms with Gasteiger partial charge in [-0.1, -0.05) is 0 Å². The largest absolute Gasteiger partial charge is 0.479 e. The molecule has 0 aliphatic carbocycles. The fourth-order valence-corrected chi connectivity index (χ4v) is 2.12. The van der Waals surface area contributed by atoms with Crippen molar-refractivity contribution >= 4 is 5.97 Å². The van der Waals surface area contributed by atoms with Gasteiger partial charge in [-0.25, -0.2) is 4.79 Å². The smallest absolute Gasteiger partial charge is 0.332 e. The fraction of sp³-hybridized carbons (Fsp3) is 0.667. The lowest BCUT2D eigenvalue weighted by atomic mass is 10.2. The summed E-state index contributed by atoms with van der Waals surface area (Å²) in [7, 11) is 0. The number of ether oxygens (including phenoxy) is 1. The van der Waals surface area contributed by atoms with Crippen molar-refractivity contribution in [3.8, 4) is 0 Å². The van der Waals surface area contributed by atoms with Crippen LogP contribution in [0.1, 0.15) is 19.8 Å². The molecule has 1 saturated heterocycles. The SMILES string of the molecule is CC(Cn1cccn1)NCC1CCC(C(=O)O)O1. The number of rotatable bonds is 6. The van der Waals surface area contributed by atoms with E-state index in [1.165, 1.54) is 0 Å². The normalized spacial score (nSPS) is 25.2. The summed E-state index contributed by atoms with van der Waals surface area (Å²) in [4.78, 5) is 10.7. The number of carboxylic acids is 1. The number of carbonyl (C=O) groups is 1. The third kappa shape index (κ3) is 3.54. The van der Waals surface area contributed by atoms with Crippen LogP contribution in [0.15, 0.2) is 18.5 Å². The van der Waals surface area contributed by atoms with Crippen LogP contribution in [-0.4, -0.2) is 45.7 Å². The van der Waals surface area contributed by atoms with Gasteiger partial charge in [0.2, 0.25) is 0 Å². The van der Waals surface area contributed by atoms with E-state index in [9.17, 15) is 4.79 Å². The zero-order valence-corrected chi connectivity index (χ0v) is 10.5. The molecule has 0 saturated carbocycles. The number of carboxylic acid groups (broad SMARTS) is 1. The van der Waals surface area contributed by atoms with Gasteiger partial charge in [0.15, 0.2) is 6.10 Å². The van der Waals surface area contributed by atoms with E-state index in [-0.39, 0.29) is 12.1 Å². The van der Waals surface area contributed by atoms with Gasteiger partial charge in [0, 0.05) is 25.0 Å². The molecule has 0 aromatic carbocycles. The Hall–Kier alpha value is -1.40. The molecule has 1 aromatic rings. The van der Waals surface area contributed by atoms with Crippen molar-refractivity contribution in [3.63, 3.8) is 0 Å². The Bertz CT molecular complexity index is 380. The number of nitrogens with zero attached hydrogens (tertiary/aromatic N) is 2. The molecular weight excluding hydrogens is 234 g/mol. The Morgan fingerprint density at radius 2 is 2.50 bits per heavy atom. The standard InChI is InChI=1S/C12H19N3O3/c1-9(8-15-6-2-5-14-15)13-7-10-3-4-11(18-10)12(16)17/h2,5-6,9-11,13H,3-4,7-8H2,1H3,(H,16,17). The molecule has 0 amide bonds. The van der Waals surface area contributed by atoms with E-state index < -0.39 is 12.1 Å². The number of nitrogens with one attached hydrogen (secondary N) is 1. The van der Waals surface area contributed by atoms with Crippen LogP contribution >= 0.6 is 0 Å². The summed E-state index contributed by atoms with van der Waals surface area (Å²) in [6.07, 6.45) is 4.47. The molecule has 1 fully saturated rings. The summed E-state index contributed by atoms with van der Waals surface area (Å²) in [5.74, 6) is -0.859. The second-order valence-electron chi connectivity index (χ2n) is 4.70. The molecule has 0 radical (unpaired) electrons. The second-order valence-corrected chi connectivity index (χ2v) is 4.70. The second kappa shape index (κ2) is 5.97. The third-order valence-corrected chi connectivity index (χ3v) is 3.10. The van der Waals surface area contributed by atoms with E-state index in [0.29, 0.717) is 13.0 Å². The summed E-state index contributed by atoms with van der Waals surface area (Å²) in [6, 6.07) is 2.17. The van der Waals surface area contributed by atoms with Gasteiger partial charge >= 0.3 is 5.97 Å². The molecule has 100 valence electrons. The lowest BCUT2D eigenvalue weighted by molar-refractivity contribution is -0.149. The molecule has 3 atom stereocenters. The Labute approximate surface area is 106 Å². The summed E-state index contributed by atoms with van der Waals surface area (Å²) in [5.41, 5.74) is 0. The van der Waals surface area contributed by atoms with Crippen LogP contribution in [0.25, 0.3) is 0 Å². The average molecular weight is 253 g/mol. The molecular formula is C12H19N3O3. The number of hydrogen-bond donors (Lipinski definition) is 2. The molecule has 3 unspecified atom stereocenters. The third-order valence-electron chi connectivity index (χ3n) is 3.10. The predicted octanol–water partition coefficient (Wildman–Crippen LogP) is 0.493. The van der Waals surface area contributed by atoms with Gasteiger partial charge in [-0.3, -0.25) is 4.68 Å². The summed E-state index contributed by atoms with van der Waals surface area (Å²) in [6.45, 7) is 3.56. The first kappa shape index (κ1) is 13.0. The van der Waals surface area contributed by atoms with Crippen LogP contribution in [0.5, 0.6) is 0 Å². The van der Waals surface area contributed by atoms with Gasteiger partial charge in [-0.05, 0) is 25.8 Å². The van der Waals surface area contributed by atoms with Crippen molar-refractivity contribution in [3.05, 3.63) is 18.5 Å². The highest BCUT2D eigenvalue weighted by Gasteiger charge is 2.30. The Morgan fingerprint density at radius 3 is 3.11 bits per heavy atom. The van der Waals surface area contributed by atoms with Crippen LogP contribution in [0, 0.1) is 0 Å². The minimum atomic E-state index is -0.859. The maximum Gasteiger partial charge on any atom is 0.332 e. The summed E-state index contributed by atoms with van der Waals surface area (Å²) in [5, 5.41) is 16.3. The monoisotopic (exact) mass is 253 g/mol. The van der Waals surface area contributed by atoms with Crippen LogP contribution in [0.4, 0.5) is 0 Å². The van der Waals surface area contributed by atoms with E-state index in [4.69, 9.17) is 9.84 Å². The van der Waals surface area contributed by atoms with E-state index in [0.717, 1.165) is 13.0 Å². The zero-order chi connectivity index (χ0) is 13.0. The molecule has 2 heterocycles. The molecule has 1 aromatic heterocycles.